The highest BCUT2D eigenvalue weighted by Crippen LogP contribution is 2.30. The number of anilines is 1. The third kappa shape index (κ3) is 2.94. The number of hydrogen-bond donors (Lipinski definition) is 1. The third-order valence-electron chi connectivity index (χ3n) is 3.92. The second kappa shape index (κ2) is 6.18. The van der Waals surface area contributed by atoms with Crippen molar-refractivity contribution in [1.82, 2.24) is 14.8 Å². The molecule has 0 radical (unpaired) electrons. The minimum absolute atomic E-state index is 0.263. The number of para-hydroxylation sites is 1. The molecule has 0 spiro atoms. The Balaban J connectivity index is 1.55. The van der Waals surface area contributed by atoms with Crippen molar-refractivity contribution >= 4 is 33.3 Å². The maximum absolute atomic E-state index is 12.3. The molecule has 7 heteroatoms. The summed E-state index contributed by atoms with van der Waals surface area (Å²) in [6.45, 7) is 4.64. The maximum Gasteiger partial charge on any atom is 0.277 e. The number of benzene rings is 1. The molecule has 3 aromatic heterocycles. The van der Waals surface area contributed by atoms with Crippen LogP contribution in [-0.2, 0) is 6.54 Å². The Morgan fingerprint density at radius 2 is 2.16 bits per heavy atom. The molecule has 25 heavy (non-hydrogen) atoms. The molecule has 0 saturated carbocycles. The Morgan fingerprint density at radius 3 is 2.92 bits per heavy atom. The summed E-state index contributed by atoms with van der Waals surface area (Å²) in [4.78, 5) is 16.8. The largest absolute Gasteiger partial charge is 0.454 e. The number of thiazole rings is 1. The number of carbonyl (C=O) groups is 1. The van der Waals surface area contributed by atoms with Gasteiger partial charge in [0.15, 0.2) is 16.6 Å². The molecule has 4 rings (SSSR count). The van der Waals surface area contributed by atoms with E-state index in [9.17, 15) is 4.79 Å². The van der Waals surface area contributed by atoms with Gasteiger partial charge in [0.25, 0.3) is 5.91 Å². The van der Waals surface area contributed by atoms with Gasteiger partial charge in [0.2, 0.25) is 0 Å². The van der Waals surface area contributed by atoms with Crippen molar-refractivity contribution in [2.45, 2.75) is 20.4 Å². The van der Waals surface area contributed by atoms with E-state index in [1.165, 1.54) is 11.3 Å². The van der Waals surface area contributed by atoms with E-state index in [4.69, 9.17) is 4.42 Å². The van der Waals surface area contributed by atoms with Crippen molar-refractivity contribution < 1.29 is 9.21 Å². The van der Waals surface area contributed by atoms with Crippen molar-refractivity contribution in [1.29, 1.82) is 0 Å². The predicted octanol–water partition coefficient (Wildman–Crippen LogP) is 4.33. The average molecular weight is 352 g/mol. The number of nitrogens with one attached hydrogen (secondary N) is 1. The van der Waals surface area contributed by atoms with Crippen LogP contribution in [0.1, 0.15) is 23.1 Å². The minimum Gasteiger partial charge on any atom is -0.454 e. The van der Waals surface area contributed by atoms with Gasteiger partial charge in [0.1, 0.15) is 11.3 Å². The highest BCUT2D eigenvalue weighted by Gasteiger charge is 2.15. The summed E-state index contributed by atoms with van der Waals surface area (Å²) < 4.78 is 7.59. The zero-order valence-electron chi connectivity index (χ0n) is 13.8. The lowest BCUT2D eigenvalue weighted by atomic mass is 10.2. The van der Waals surface area contributed by atoms with Crippen LogP contribution in [0.5, 0.6) is 0 Å². The van der Waals surface area contributed by atoms with E-state index < -0.39 is 0 Å². The van der Waals surface area contributed by atoms with Gasteiger partial charge in [-0.15, -0.1) is 11.3 Å². The molecule has 6 nitrogen and oxygen atoms in total. The third-order valence-corrected chi connectivity index (χ3v) is 4.67. The van der Waals surface area contributed by atoms with E-state index in [2.05, 4.69) is 15.4 Å². The molecule has 0 aliphatic heterocycles. The van der Waals surface area contributed by atoms with Crippen LogP contribution in [0.2, 0.25) is 0 Å². The molecule has 126 valence electrons. The summed E-state index contributed by atoms with van der Waals surface area (Å²) >= 11 is 1.36. The van der Waals surface area contributed by atoms with Gasteiger partial charge in [-0.1, -0.05) is 18.2 Å². The molecular weight excluding hydrogens is 336 g/mol. The Kier molecular flexibility index (Phi) is 3.85. The standard InChI is InChI=1S/C18H16N4O2S/c1-3-22-11(2)8-13(21-22)17(23)20-18-19-14(10-25-18)16-9-12-6-4-5-7-15(12)24-16/h4-10H,3H2,1-2H3,(H,19,20,23). The first-order valence-electron chi connectivity index (χ1n) is 7.94. The fourth-order valence-electron chi connectivity index (χ4n) is 2.65. The van der Waals surface area contributed by atoms with E-state index in [1.54, 1.807) is 10.7 Å². The Hall–Kier alpha value is -2.93. The van der Waals surface area contributed by atoms with Crippen LogP contribution in [0, 0.1) is 6.92 Å². The van der Waals surface area contributed by atoms with Gasteiger partial charge in [0.05, 0.1) is 0 Å². The number of furan rings is 1. The van der Waals surface area contributed by atoms with E-state index in [0.717, 1.165) is 23.2 Å². The van der Waals surface area contributed by atoms with Gasteiger partial charge in [-0.3, -0.25) is 14.8 Å². The molecule has 3 heterocycles. The van der Waals surface area contributed by atoms with E-state index in [0.29, 0.717) is 22.3 Å². The maximum atomic E-state index is 12.3. The number of aryl methyl sites for hydroxylation is 2. The number of rotatable bonds is 4. The highest BCUT2D eigenvalue weighted by molar-refractivity contribution is 7.14. The van der Waals surface area contributed by atoms with Crippen LogP contribution in [0.15, 0.2) is 46.2 Å². The summed E-state index contributed by atoms with van der Waals surface area (Å²) in [7, 11) is 0. The van der Waals surface area contributed by atoms with Gasteiger partial charge < -0.3 is 4.42 Å². The number of amides is 1. The molecule has 0 atom stereocenters. The average Bonchev–Trinajstić information content (AvgIpc) is 3.31. The number of fused-ring (bicyclic) bond motifs is 1. The molecular formula is C18H16N4O2S. The number of hydrogen-bond acceptors (Lipinski definition) is 5. The van der Waals surface area contributed by atoms with E-state index >= 15 is 0 Å². The Labute approximate surface area is 148 Å². The fraction of sp³-hybridized carbons (Fsp3) is 0.167. The molecule has 0 bridgehead atoms. The molecule has 0 unspecified atom stereocenters. The van der Waals surface area contributed by atoms with Crippen molar-refractivity contribution in [2.75, 3.05) is 5.32 Å². The lowest BCUT2D eigenvalue weighted by Gasteiger charge is -1.98. The first kappa shape index (κ1) is 15.6. The summed E-state index contributed by atoms with van der Waals surface area (Å²) in [6.07, 6.45) is 0. The van der Waals surface area contributed by atoms with Gasteiger partial charge in [-0.05, 0) is 32.0 Å². The first-order chi connectivity index (χ1) is 12.1. The van der Waals surface area contributed by atoms with Crippen LogP contribution < -0.4 is 5.32 Å². The molecule has 1 amide bonds. The summed E-state index contributed by atoms with van der Waals surface area (Å²) in [6, 6.07) is 11.5. The summed E-state index contributed by atoms with van der Waals surface area (Å²) in [5.41, 5.74) is 2.86. The molecule has 0 aliphatic carbocycles. The van der Waals surface area contributed by atoms with Crippen molar-refractivity contribution in [3.05, 3.63) is 53.2 Å². The quantitative estimate of drug-likeness (QED) is 0.593. The SMILES string of the molecule is CCn1nc(C(=O)Nc2nc(-c3cc4ccccc4o3)cs2)cc1C. The highest BCUT2D eigenvalue weighted by atomic mass is 32.1. The zero-order chi connectivity index (χ0) is 17.4. The smallest absolute Gasteiger partial charge is 0.277 e. The minimum atomic E-state index is -0.263. The zero-order valence-corrected chi connectivity index (χ0v) is 14.6. The molecule has 0 aliphatic rings. The lowest BCUT2D eigenvalue weighted by molar-refractivity contribution is 0.102. The molecule has 0 saturated heterocycles. The predicted molar refractivity (Wildman–Crippen MR) is 97.9 cm³/mol. The fourth-order valence-corrected chi connectivity index (χ4v) is 3.35. The topological polar surface area (TPSA) is 73.0 Å². The van der Waals surface area contributed by atoms with Crippen LogP contribution in [0.25, 0.3) is 22.4 Å². The second-order valence-corrected chi connectivity index (χ2v) is 6.49. The van der Waals surface area contributed by atoms with Crippen LogP contribution in [0.4, 0.5) is 5.13 Å². The van der Waals surface area contributed by atoms with Crippen LogP contribution in [-0.4, -0.2) is 20.7 Å². The summed E-state index contributed by atoms with van der Waals surface area (Å²) in [5.74, 6) is 0.421. The Bertz CT molecular complexity index is 1030. The number of carbonyl (C=O) groups excluding carboxylic acids is 1. The van der Waals surface area contributed by atoms with Crippen LogP contribution >= 0.6 is 11.3 Å². The molecule has 1 aromatic carbocycles. The normalized spacial score (nSPS) is 11.1. The second-order valence-electron chi connectivity index (χ2n) is 5.63. The molecule has 0 fully saturated rings. The molecule has 4 aromatic rings. The van der Waals surface area contributed by atoms with Gasteiger partial charge in [-0.2, -0.15) is 5.10 Å². The van der Waals surface area contributed by atoms with Crippen molar-refractivity contribution in [3.8, 4) is 11.5 Å². The molecule has 1 N–H and O–H groups in total. The lowest BCUT2D eigenvalue weighted by Crippen LogP contribution is -2.13. The van der Waals surface area contributed by atoms with E-state index in [1.807, 2.05) is 49.6 Å². The van der Waals surface area contributed by atoms with Crippen molar-refractivity contribution in [3.63, 3.8) is 0 Å². The number of nitrogens with zero attached hydrogens (tertiary/aromatic N) is 3. The van der Waals surface area contributed by atoms with Gasteiger partial charge in [0, 0.05) is 23.0 Å². The first-order valence-corrected chi connectivity index (χ1v) is 8.82. The summed E-state index contributed by atoms with van der Waals surface area (Å²) in [5, 5.41) is 10.5. The van der Waals surface area contributed by atoms with Crippen molar-refractivity contribution in [2.24, 2.45) is 0 Å². The van der Waals surface area contributed by atoms with Crippen LogP contribution in [0.3, 0.4) is 0 Å². The van der Waals surface area contributed by atoms with E-state index in [-0.39, 0.29) is 5.91 Å². The monoisotopic (exact) mass is 352 g/mol. The van der Waals surface area contributed by atoms with Gasteiger partial charge >= 0.3 is 0 Å². The number of aromatic nitrogens is 3. The van der Waals surface area contributed by atoms with Gasteiger partial charge in [-0.25, -0.2) is 4.98 Å². The Morgan fingerprint density at radius 1 is 1.32 bits per heavy atom.